The lowest BCUT2D eigenvalue weighted by Crippen LogP contribution is -2.59. The minimum atomic E-state index is -0.722. The first-order valence-electron chi connectivity index (χ1n) is 15.3. The Hall–Kier alpha value is -2.04. The first-order chi connectivity index (χ1) is 19.2. The van der Waals surface area contributed by atoms with Crippen LogP contribution in [0.4, 0.5) is 0 Å². The van der Waals surface area contributed by atoms with Crippen molar-refractivity contribution in [2.75, 3.05) is 34.9 Å². The predicted molar refractivity (Wildman–Crippen MR) is 161 cm³/mol. The van der Waals surface area contributed by atoms with Gasteiger partial charge in [-0.1, -0.05) is 54.9 Å². The number of likely N-dealkylation sites (N-methyl/N-ethyl adjacent to an activating group) is 2. The molecule has 1 aliphatic rings. The van der Waals surface area contributed by atoms with Crippen molar-refractivity contribution >= 4 is 23.5 Å². The molecule has 3 amide bonds. The van der Waals surface area contributed by atoms with E-state index < -0.39 is 18.2 Å². The maximum Gasteiger partial charge on any atom is 0.245 e. The summed E-state index contributed by atoms with van der Waals surface area (Å²) in [7, 11) is 6.64. The van der Waals surface area contributed by atoms with Gasteiger partial charge < -0.3 is 29.9 Å². The van der Waals surface area contributed by atoms with E-state index in [2.05, 4.69) is 24.5 Å². The number of methoxy groups -OCH3 is 2. The van der Waals surface area contributed by atoms with Crippen LogP contribution >= 0.6 is 0 Å². The van der Waals surface area contributed by atoms with Gasteiger partial charge in [0.15, 0.2) is 0 Å². The van der Waals surface area contributed by atoms with E-state index in [1.54, 1.807) is 40.1 Å². The molecule has 0 aromatic rings. The number of rotatable bonds is 17. The van der Waals surface area contributed by atoms with E-state index in [0.29, 0.717) is 6.54 Å². The summed E-state index contributed by atoms with van der Waals surface area (Å²) in [5.41, 5.74) is 0. The average molecular weight is 583 g/mol. The highest BCUT2D eigenvalue weighted by Gasteiger charge is 2.42. The highest BCUT2D eigenvalue weighted by atomic mass is 16.5. The van der Waals surface area contributed by atoms with Crippen LogP contribution in [0.25, 0.3) is 0 Å². The second-order valence-corrected chi connectivity index (χ2v) is 12.4. The van der Waals surface area contributed by atoms with Crippen molar-refractivity contribution in [3.63, 3.8) is 0 Å². The Morgan fingerprint density at radius 1 is 0.976 bits per heavy atom. The quantitative estimate of drug-likeness (QED) is 0.271. The summed E-state index contributed by atoms with van der Waals surface area (Å²) in [6.45, 7) is 15.8. The molecule has 0 saturated carbocycles. The van der Waals surface area contributed by atoms with Crippen LogP contribution in [0.3, 0.4) is 0 Å². The first kappa shape index (κ1) is 37.0. The molecule has 10 nitrogen and oxygen atoms in total. The number of hydrogen-bond acceptors (Lipinski definition) is 7. The van der Waals surface area contributed by atoms with Gasteiger partial charge in [0.1, 0.15) is 11.8 Å². The standard InChI is InChI=1S/C31H58N4O6/c1-13-20(6)28(34(10)31(39)27(19(4)5)33-30(38)26(32-9)18(2)3)24(40-11)17-25(37)35-16-14-15-23(35)29(41-12)21(7)22(8)36/h18-21,23-24,26-29,32H,13-17H2,1-12H3,(H,33,38)/t20-,21-,23-,24+,26-,27-,28-,29+/m0/s1. The number of ketones is 1. The smallest absolute Gasteiger partial charge is 0.245 e. The zero-order valence-corrected chi connectivity index (χ0v) is 27.7. The third kappa shape index (κ3) is 9.48. The Bertz CT molecular complexity index is 866. The van der Waals surface area contributed by atoms with Gasteiger partial charge in [-0.05, 0) is 44.6 Å². The van der Waals surface area contributed by atoms with E-state index in [4.69, 9.17) is 9.47 Å². The zero-order valence-electron chi connectivity index (χ0n) is 27.7. The van der Waals surface area contributed by atoms with Gasteiger partial charge in [-0.25, -0.2) is 0 Å². The number of carbonyl (C=O) groups is 4. The minimum Gasteiger partial charge on any atom is -0.379 e. The molecular formula is C31H58N4O6. The maximum absolute atomic E-state index is 13.9. The molecule has 0 radical (unpaired) electrons. The van der Waals surface area contributed by atoms with Gasteiger partial charge in [-0.3, -0.25) is 19.2 Å². The number of carbonyl (C=O) groups excluding carboxylic acids is 4. The number of Topliss-reactive ketones (excluding diaryl/α,β-unsaturated/α-hetero) is 1. The largest absolute Gasteiger partial charge is 0.379 e. The highest BCUT2D eigenvalue weighted by molar-refractivity contribution is 5.90. The molecule has 0 aliphatic carbocycles. The third-order valence-corrected chi connectivity index (χ3v) is 8.98. The van der Waals surface area contributed by atoms with Crippen molar-refractivity contribution in [2.24, 2.45) is 23.7 Å². The van der Waals surface area contributed by atoms with Crippen LogP contribution in [0.15, 0.2) is 0 Å². The van der Waals surface area contributed by atoms with Crippen LogP contribution < -0.4 is 10.6 Å². The van der Waals surface area contributed by atoms with E-state index in [0.717, 1.165) is 19.3 Å². The summed E-state index contributed by atoms with van der Waals surface area (Å²) in [5.74, 6) is -0.840. The van der Waals surface area contributed by atoms with Gasteiger partial charge in [0.05, 0.1) is 36.8 Å². The van der Waals surface area contributed by atoms with Crippen molar-refractivity contribution in [3.05, 3.63) is 0 Å². The second kappa shape index (κ2) is 17.2. The SMILES string of the molecule is CC[C@H](C)[C@@H]([C@@H](CC(=O)N1CCC[C@H]1[C@H](OC)[C@@H](C)C(C)=O)OC)N(C)C(=O)[C@@H](NC(=O)[C@@H](NC)C(C)C)C(C)C. The molecule has 0 bridgehead atoms. The molecule has 1 aliphatic heterocycles. The van der Waals surface area contributed by atoms with E-state index >= 15 is 0 Å². The van der Waals surface area contributed by atoms with E-state index in [9.17, 15) is 19.2 Å². The second-order valence-electron chi connectivity index (χ2n) is 12.4. The lowest BCUT2D eigenvalue weighted by atomic mass is 9.89. The van der Waals surface area contributed by atoms with Crippen LogP contribution in [0, 0.1) is 23.7 Å². The van der Waals surface area contributed by atoms with Crippen LogP contribution in [0.5, 0.6) is 0 Å². The summed E-state index contributed by atoms with van der Waals surface area (Å²) in [5, 5.41) is 6.02. The van der Waals surface area contributed by atoms with Crippen molar-refractivity contribution in [3.8, 4) is 0 Å². The van der Waals surface area contributed by atoms with Gasteiger partial charge in [-0.2, -0.15) is 0 Å². The topological polar surface area (TPSA) is 117 Å². The minimum absolute atomic E-state index is 0.0316. The molecule has 238 valence electrons. The molecule has 1 heterocycles. The Morgan fingerprint density at radius 3 is 2.00 bits per heavy atom. The van der Waals surface area contributed by atoms with Crippen LogP contribution in [-0.4, -0.2) is 105 Å². The predicted octanol–water partition coefficient (Wildman–Crippen LogP) is 2.88. The highest BCUT2D eigenvalue weighted by Crippen LogP contribution is 2.29. The van der Waals surface area contributed by atoms with Crippen LogP contribution in [0.2, 0.25) is 0 Å². The summed E-state index contributed by atoms with van der Waals surface area (Å²) in [6.07, 6.45) is 1.55. The molecule has 0 aromatic carbocycles. The summed E-state index contributed by atoms with van der Waals surface area (Å²) in [4.78, 5) is 56.4. The number of nitrogens with zero attached hydrogens (tertiary/aromatic N) is 2. The van der Waals surface area contributed by atoms with Gasteiger partial charge >= 0.3 is 0 Å². The van der Waals surface area contributed by atoms with E-state index in [-0.39, 0.29) is 71.8 Å². The molecule has 8 atom stereocenters. The number of hydrogen-bond donors (Lipinski definition) is 2. The lowest BCUT2D eigenvalue weighted by Gasteiger charge is -2.41. The summed E-state index contributed by atoms with van der Waals surface area (Å²) >= 11 is 0. The average Bonchev–Trinajstić information content (AvgIpc) is 3.40. The fraction of sp³-hybridized carbons (Fsp3) is 0.871. The maximum atomic E-state index is 13.9. The molecule has 0 aromatic heterocycles. The number of likely N-dealkylation sites (tertiary alicyclic amines) is 1. The molecule has 2 N–H and O–H groups in total. The fourth-order valence-corrected chi connectivity index (χ4v) is 6.13. The van der Waals surface area contributed by atoms with Gasteiger partial charge in [-0.15, -0.1) is 0 Å². The number of nitrogens with one attached hydrogen (secondary N) is 2. The Balaban J connectivity index is 3.24. The number of amides is 3. The Labute approximate surface area is 248 Å². The third-order valence-electron chi connectivity index (χ3n) is 8.98. The zero-order chi connectivity index (χ0) is 31.6. The molecule has 1 saturated heterocycles. The normalized spacial score (nSPS) is 20.7. The molecular weight excluding hydrogens is 524 g/mol. The van der Waals surface area contributed by atoms with Crippen molar-refractivity contribution < 1.29 is 28.7 Å². The molecule has 41 heavy (non-hydrogen) atoms. The molecule has 1 fully saturated rings. The Kier molecular flexibility index (Phi) is 15.5. The summed E-state index contributed by atoms with van der Waals surface area (Å²) in [6, 6.07) is -1.72. The molecule has 0 unspecified atom stereocenters. The number of ether oxygens (including phenoxy) is 2. The fourth-order valence-electron chi connectivity index (χ4n) is 6.13. The van der Waals surface area contributed by atoms with Crippen LogP contribution in [-0.2, 0) is 28.7 Å². The molecule has 10 heteroatoms. The van der Waals surface area contributed by atoms with E-state index in [1.807, 2.05) is 39.5 Å². The van der Waals surface area contributed by atoms with Gasteiger partial charge in [0.2, 0.25) is 17.7 Å². The van der Waals surface area contributed by atoms with Crippen molar-refractivity contribution in [2.45, 2.75) is 117 Å². The van der Waals surface area contributed by atoms with Crippen molar-refractivity contribution in [1.29, 1.82) is 0 Å². The van der Waals surface area contributed by atoms with Gasteiger partial charge in [0.25, 0.3) is 0 Å². The molecule has 0 spiro atoms. The lowest BCUT2D eigenvalue weighted by molar-refractivity contribution is -0.147. The monoisotopic (exact) mass is 582 g/mol. The van der Waals surface area contributed by atoms with Gasteiger partial charge in [0, 0.05) is 33.7 Å². The van der Waals surface area contributed by atoms with E-state index in [1.165, 1.54) is 0 Å². The van der Waals surface area contributed by atoms with Crippen molar-refractivity contribution in [1.82, 2.24) is 20.4 Å². The Morgan fingerprint density at radius 2 is 1.56 bits per heavy atom. The summed E-state index contributed by atoms with van der Waals surface area (Å²) < 4.78 is 11.7. The molecule has 1 rings (SSSR count). The van der Waals surface area contributed by atoms with Crippen LogP contribution in [0.1, 0.15) is 81.1 Å². The first-order valence-corrected chi connectivity index (χ1v) is 15.3.